The SMILES string of the molecule is SCCCNc1ccccc1Br. The van der Waals surface area contributed by atoms with E-state index in [0.29, 0.717) is 0 Å². The monoisotopic (exact) mass is 245 g/mol. The van der Waals surface area contributed by atoms with Gasteiger partial charge in [-0.2, -0.15) is 12.6 Å². The van der Waals surface area contributed by atoms with E-state index in [9.17, 15) is 0 Å². The number of hydrogen-bond acceptors (Lipinski definition) is 2. The number of hydrogen-bond donors (Lipinski definition) is 2. The zero-order valence-electron chi connectivity index (χ0n) is 6.76. The van der Waals surface area contributed by atoms with Crippen LogP contribution in [0.2, 0.25) is 0 Å². The zero-order valence-corrected chi connectivity index (χ0v) is 9.24. The molecular formula is C9H12BrNS. The summed E-state index contributed by atoms with van der Waals surface area (Å²) in [4.78, 5) is 0. The van der Waals surface area contributed by atoms with Gasteiger partial charge in [-0.25, -0.2) is 0 Å². The maximum atomic E-state index is 4.14. The summed E-state index contributed by atoms with van der Waals surface area (Å²) in [5.41, 5.74) is 1.15. The van der Waals surface area contributed by atoms with Gasteiger partial charge in [0.05, 0.1) is 0 Å². The Kier molecular flexibility index (Phi) is 4.54. The van der Waals surface area contributed by atoms with Crippen LogP contribution in [0.5, 0.6) is 0 Å². The number of anilines is 1. The van der Waals surface area contributed by atoms with Gasteiger partial charge in [0, 0.05) is 16.7 Å². The van der Waals surface area contributed by atoms with Crippen molar-refractivity contribution in [3.8, 4) is 0 Å². The molecule has 66 valence electrons. The van der Waals surface area contributed by atoms with E-state index in [1.54, 1.807) is 0 Å². The molecule has 0 aliphatic heterocycles. The normalized spacial score (nSPS) is 9.83. The standard InChI is InChI=1S/C9H12BrNS/c10-8-4-1-2-5-9(8)11-6-3-7-12/h1-2,4-5,11-12H,3,6-7H2. The number of thiol groups is 1. The number of nitrogens with one attached hydrogen (secondary N) is 1. The summed E-state index contributed by atoms with van der Waals surface area (Å²) in [7, 11) is 0. The van der Waals surface area contributed by atoms with Gasteiger partial charge in [-0.05, 0) is 40.2 Å². The zero-order chi connectivity index (χ0) is 8.81. The van der Waals surface area contributed by atoms with Crippen molar-refractivity contribution < 1.29 is 0 Å². The summed E-state index contributed by atoms with van der Waals surface area (Å²) < 4.78 is 1.11. The Labute approximate surface area is 87.1 Å². The molecule has 12 heavy (non-hydrogen) atoms. The van der Waals surface area contributed by atoms with Crippen molar-refractivity contribution in [2.24, 2.45) is 0 Å². The summed E-state index contributed by atoms with van der Waals surface area (Å²) in [5.74, 6) is 0.928. The molecule has 0 spiro atoms. The molecule has 0 radical (unpaired) electrons. The lowest BCUT2D eigenvalue weighted by Gasteiger charge is -2.06. The second-order valence-corrected chi connectivity index (χ2v) is 3.79. The first-order chi connectivity index (χ1) is 5.84. The van der Waals surface area contributed by atoms with Crippen molar-refractivity contribution in [2.75, 3.05) is 17.6 Å². The van der Waals surface area contributed by atoms with Crippen LogP contribution < -0.4 is 5.32 Å². The van der Waals surface area contributed by atoms with Crippen LogP contribution in [-0.4, -0.2) is 12.3 Å². The van der Waals surface area contributed by atoms with Crippen molar-refractivity contribution in [3.05, 3.63) is 28.7 Å². The van der Waals surface area contributed by atoms with Gasteiger partial charge >= 0.3 is 0 Å². The third-order valence-corrected chi connectivity index (χ3v) is 2.53. The first-order valence-electron chi connectivity index (χ1n) is 3.94. The first-order valence-corrected chi connectivity index (χ1v) is 5.36. The molecule has 0 aromatic heterocycles. The van der Waals surface area contributed by atoms with Gasteiger partial charge in [-0.15, -0.1) is 0 Å². The lowest BCUT2D eigenvalue weighted by atomic mass is 10.3. The average molecular weight is 246 g/mol. The Balaban J connectivity index is 2.46. The summed E-state index contributed by atoms with van der Waals surface area (Å²) in [6.45, 7) is 0.978. The Morgan fingerprint density at radius 2 is 2.08 bits per heavy atom. The molecule has 0 fully saturated rings. The fourth-order valence-corrected chi connectivity index (χ4v) is 1.49. The quantitative estimate of drug-likeness (QED) is 0.614. The van der Waals surface area contributed by atoms with Gasteiger partial charge in [0.25, 0.3) is 0 Å². The fraction of sp³-hybridized carbons (Fsp3) is 0.333. The minimum absolute atomic E-state index is 0.928. The molecule has 0 aliphatic carbocycles. The molecule has 1 aromatic rings. The van der Waals surface area contributed by atoms with E-state index in [2.05, 4.69) is 39.9 Å². The highest BCUT2D eigenvalue weighted by molar-refractivity contribution is 9.10. The van der Waals surface area contributed by atoms with Crippen LogP contribution in [0, 0.1) is 0 Å². The van der Waals surface area contributed by atoms with E-state index in [4.69, 9.17) is 0 Å². The van der Waals surface area contributed by atoms with Crippen molar-refractivity contribution >= 4 is 34.2 Å². The number of para-hydroxylation sites is 1. The summed E-state index contributed by atoms with van der Waals surface area (Å²) in [5, 5.41) is 3.32. The number of halogens is 1. The lowest BCUT2D eigenvalue weighted by Crippen LogP contribution is -2.02. The molecule has 1 aromatic carbocycles. The van der Waals surface area contributed by atoms with E-state index >= 15 is 0 Å². The molecule has 0 heterocycles. The summed E-state index contributed by atoms with van der Waals surface area (Å²) in [6, 6.07) is 8.12. The van der Waals surface area contributed by atoms with Crippen LogP contribution in [0.3, 0.4) is 0 Å². The largest absolute Gasteiger partial charge is 0.384 e. The van der Waals surface area contributed by atoms with Gasteiger partial charge in [0.1, 0.15) is 0 Å². The molecule has 0 unspecified atom stereocenters. The molecule has 1 nitrogen and oxygen atoms in total. The predicted octanol–water partition coefficient (Wildman–Crippen LogP) is 3.18. The number of benzene rings is 1. The highest BCUT2D eigenvalue weighted by Gasteiger charge is 1.94. The molecule has 1 N–H and O–H groups in total. The van der Waals surface area contributed by atoms with Crippen molar-refractivity contribution in [1.29, 1.82) is 0 Å². The van der Waals surface area contributed by atoms with E-state index in [-0.39, 0.29) is 0 Å². The fourth-order valence-electron chi connectivity index (χ4n) is 0.907. The molecule has 0 aliphatic rings. The van der Waals surface area contributed by atoms with Crippen molar-refractivity contribution in [1.82, 2.24) is 0 Å². The molecule has 0 bridgehead atoms. The molecule has 3 heteroatoms. The Morgan fingerprint density at radius 1 is 1.33 bits per heavy atom. The van der Waals surface area contributed by atoms with Gasteiger partial charge in [0.2, 0.25) is 0 Å². The maximum Gasteiger partial charge on any atom is 0.0484 e. The smallest absolute Gasteiger partial charge is 0.0484 e. The Hall–Kier alpha value is -0.150. The topological polar surface area (TPSA) is 12.0 Å². The van der Waals surface area contributed by atoms with Crippen LogP contribution in [0.25, 0.3) is 0 Å². The highest BCUT2D eigenvalue weighted by Crippen LogP contribution is 2.20. The molecule has 1 rings (SSSR count). The molecule has 0 amide bonds. The van der Waals surface area contributed by atoms with Crippen LogP contribution in [-0.2, 0) is 0 Å². The Bertz CT molecular complexity index is 240. The van der Waals surface area contributed by atoms with Gasteiger partial charge < -0.3 is 5.32 Å². The third-order valence-electron chi connectivity index (χ3n) is 1.52. The summed E-state index contributed by atoms with van der Waals surface area (Å²) in [6.07, 6.45) is 1.09. The highest BCUT2D eigenvalue weighted by atomic mass is 79.9. The van der Waals surface area contributed by atoms with E-state index < -0.39 is 0 Å². The van der Waals surface area contributed by atoms with E-state index in [1.165, 1.54) is 0 Å². The second-order valence-electron chi connectivity index (χ2n) is 2.48. The lowest BCUT2D eigenvalue weighted by molar-refractivity contribution is 0.994. The van der Waals surface area contributed by atoms with E-state index in [0.717, 1.165) is 28.9 Å². The second kappa shape index (κ2) is 5.49. The predicted molar refractivity (Wildman–Crippen MR) is 61.1 cm³/mol. The van der Waals surface area contributed by atoms with Crippen molar-refractivity contribution in [2.45, 2.75) is 6.42 Å². The van der Waals surface area contributed by atoms with Gasteiger partial charge in [-0.3, -0.25) is 0 Å². The number of rotatable bonds is 4. The Morgan fingerprint density at radius 3 is 2.75 bits per heavy atom. The van der Waals surface area contributed by atoms with E-state index in [1.807, 2.05) is 18.2 Å². The molecular weight excluding hydrogens is 234 g/mol. The summed E-state index contributed by atoms with van der Waals surface area (Å²) >= 11 is 7.61. The average Bonchev–Trinajstić information content (AvgIpc) is 2.09. The third kappa shape index (κ3) is 3.07. The minimum atomic E-state index is 0.928. The molecule has 0 atom stereocenters. The maximum absolute atomic E-state index is 4.14. The van der Waals surface area contributed by atoms with Gasteiger partial charge in [0.15, 0.2) is 0 Å². The van der Waals surface area contributed by atoms with Crippen LogP contribution >= 0.6 is 28.6 Å². The minimum Gasteiger partial charge on any atom is -0.384 e. The molecule has 0 saturated heterocycles. The first kappa shape index (κ1) is 9.93. The molecule has 0 saturated carbocycles. The van der Waals surface area contributed by atoms with Crippen molar-refractivity contribution in [3.63, 3.8) is 0 Å². The van der Waals surface area contributed by atoms with Crippen LogP contribution in [0.15, 0.2) is 28.7 Å². The van der Waals surface area contributed by atoms with Gasteiger partial charge in [-0.1, -0.05) is 12.1 Å². The van der Waals surface area contributed by atoms with Crippen LogP contribution in [0.1, 0.15) is 6.42 Å². The van der Waals surface area contributed by atoms with Crippen LogP contribution in [0.4, 0.5) is 5.69 Å².